The summed E-state index contributed by atoms with van der Waals surface area (Å²) in [7, 11) is 0. The minimum atomic E-state index is 0.0154. The van der Waals surface area contributed by atoms with Crippen molar-refractivity contribution in [2.45, 2.75) is 37.1 Å². The first-order valence-corrected chi connectivity index (χ1v) is 11.3. The molecule has 32 heavy (non-hydrogen) atoms. The van der Waals surface area contributed by atoms with Gasteiger partial charge in [0.05, 0.1) is 12.3 Å². The highest BCUT2D eigenvalue weighted by Gasteiger charge is 2.51. The zero-order valence-electron chi connectivity index (χ0n) is 17.8. The molecule has 1 amide bonds. The van der Waals surface area contributed by atoms with Gasteiger partial charge in [-0.2, -0.15) is 0 Å². The van der Waals surface area contributed by atoms with E-state index in [9.17, 15) is 9.90 Å². The Morgan fingerprint density at radius 2 is 2.12 bits per heavy atom. The number of carbonyl (C=O) groups excluding carboxylic acids is 1. The summed E-state index contributed by atoms with van der Waals surface area (Å²) in [4.78, 5) is 17.9. The maximum absolute atomic E-state index is 12.4. The van der Waals surface area contributed by atoms with Crippen molar-refractivity contribution in [1.29, 1.82) is 0 Å². The number of aromatic hydroxyl groups is 1. The van der Waals surface area contributed by atoms with Gasteiger partial charge in [0.1, 0.15) is 5.75 Å². The zero-order valence-corrected chi connectivity index (χ0v) is 17.8. The third-order valence-electron chi connectivity index (χ3n) is 7.51. The number of para-hydroxylation sites is 1. The van der Waals surface area contributed by atoms with Gasteiger partial charge in [-0.25, -0.2) is 0 Å². The van der Waals surface area contributed by atoms with Gasteiger partial charge in [0, 0.05) is 47.7 Å². The van der Waals surface area contributed by atoms with Gasteiger partial charge < -0.3 is 19.7 Å². The van der Waals surface area contributed by atoms with Crippen LogP contribution in [-0.2, 0) is 9.53 Å². The fraction of sp³-hybridized carbons (Fsp3) is 0.400. The molecule has 2 aliphatic heterocycles. The van der Waals surface area contributed by atoms with E-state index in [2.05, 4.69) is 21.8 Å². The van der Waals surface area contributed by atoms with Crippen molar-refractivity contribution in [3.63, 3.8) is 0 Å². The highest BCUT2D eigenvalue weighted by Crippen LogP contribution is 2.51. The SMILES string of the molecule is C=CC(=O)N1CC2CCC(c3[nH]c4nnc(-c5ccccc5O)cc4c3C3CCOC3)C21. The fourth-order valence-corrected chi connectivity index (χ4v) is 5.99. The topological polar surface area (TPSA) is 91.3 Å². The Hall–Kier alpha value is -3.19. The van der Waals surface area contributed by atoms with Crippen LogP contribution in [0.3, 0.4) is 0 Å². The van der Waals surface area contributed by atoms with Gasteiger partial charge in [-0.15, -0.1) is 10.2 Å². The Labute approximate surface area is 186 Å². The van der Waals surface area contributed by atoms with Crippen molar-refractivity contribution in [2.75, 3.05) is 19.8 Å². The predicted molar refractivity (Wildman–Crippen MR) is 120 cm³/mol. The Kier molecular flexibility index (Phi) is 4.54. The van der Waals surface area contributed by atoms with Crippen LogP contribution < -0.4 is 0 Å². The van der Waals surface area contributed by atoms with E-state index in [-0.39, 0.29) is 29.5 Å². The summed E-state index contributed by atoms with van der Waals surface area (Å²) >= 11 is 0. The minimum Gasteiger partial charge on any atom is -0.507 e. The molecule has 0 bridgehead atoms. The number of carbonyl (C=O) groups is 1. The number of amides is 1. The summed E-state index contributed by atoms with van der Waals surface area (Å²) in [6, 6.07) is 9.44. The Balaban J connectivity index is 1.48. The average molecular weight is 431 g/mol. The van der Waals surface area contributed by atoms with Crippen LogP contribution in [0.4, 0.5) is 0 Å². The van der Waals surface area contributed by atoms with Crippen LogP contribution in [0.25, 0.3) is 22.3 Å². The van der Waals surface area contributed by atoms with Gasteiger partial charge >= 0.3 is 0 Å². The molecule has 3 aliphatic rings. The summed E-state index contributed by atoms with van der Waals surface area (Å²) in [6.07, 6.45) is 4.56. The van der Waals surface area contributed by atoms with Gasteiger partial charge in [-0.05, 0) is 55.0 Å². The number of nitrogens with zero attached hydrogens (tertiary/aromatic N) is 3. The lowest BCUT2D eigenvalue weighted by atomic mass is 9.82. The second-order valence-corrected chi connectivity index (χ2v) is 9.15. The van der Waals surface area contributed by atoms with E-state index in [1.807, 2.05) is 23.1 Å². The van der Waals surface area contributed by atoms with Crippen LogP contribution in [0.5, 0.6) is 5.75 Å². The first-order chi connectivity index (χ1) is 15.7. The number of ether oxygens (including phenoxy) is 1. The van der Waals surface area contributed by atoms with E-state index >= 15 is 0 Å². The molecular weight excluding hydrogens is 404 g/mol. The molecule has 1 aromatic carbocycles. The molecule has 1 aliphatic carbocycles. The van der Waals surface area contributed by atoms with Crippen molar-refractivity contribution < 1.29 is 14.6 Å². The molecule has 2 saturated heterocycles. The van der Waals surface area contributed by atoms with Crippen LogP contribution >= 0.6 is 0 Å². The summed E-state index contributed by atoms with van der Waals surface area (Å²) in [5.41, 5.74) is 4.49. The van der Waals surface area contributed by atoms with E-state index in [4.69, 9.17) is 4.74 Å². The maximum atomic E-state index is 12.4. The number of rotatable bonds is 4. The number of hydrogen-bond donors (Lipinski definition) is 2. The Bertz CT molecular complexity index is 1210. The number of likely N-dealkylation sites (tertiary alicyclic amines) is 1. The molecule has 3 fully saturated rings. The number of phenolic OH excluding ortho intramolecular Hbond substituents is 1. The van der Waals surface area contributed by atoms with E-state index in [0.29, 0.717) is 23.8 Å². The third-order valence-corrected chi connectivity index (χ3v) is 7.51. The molecule has 4 unspecified atom stereocenters. The highest BCUT2D eigenvalue weighted by atomic mass is 16.5. The number of phenols is 1. The van der Waals surface area contributed by atoms with Gasteiger partial charge in [-0.3, -0.25) is 4.79 Å². The highest BCUT2D eigenvalue weighted by molar-refractivity contribution is 5.89. The molecule has 7 heteroatoms. The van der Waals surface area contributed by atoms with Gasteiger partial charge in [-0.1, -0.05) is 18.7 Å². The summed E-state index contributed by atoms with van der Waals surface area (Å²) in [5.74, 6) is 1.28. The van der Waals surface area contributed by atoms with Crippen molar-refractivity contribution >= 4 is 16.9 Å². The molecule has 2 aromatic heterocycles. The summed E-state index contributed by atoms with van der Waals surface area (Å²) < 4.78 is 5.75. The molecular formula is C25H26N4O3. The van der Waals surface area contributed by atoms with Gasteiger partial charge in [0.15, 0.2) is 5.65 Å². The molecule has 164 valence electrons. The largest absolute Gasteiger partial charge is 0.507 e. The van der Waals surface area contributed by atoms with Crippen LogP contribution in [0, 0.1) is 5.92 Å². The van der Waals surface area contributed by atoms with E-state index in [1.165, 1.54) is 17.3 Å². The minimum absolute atomic E-state index is 0.0154. The zero-order chi connectivity index (χ0) is 21.8. The lowest BCUT2D eigenvalue weighted by molar-refractivity contribution is -0.137. The number of fused-ring (bicyclic) bond motifs is 2. The van der Waals surface area contributed by atoms with E-state index in [0.717, 1.165) is 43.4 Å². The molecule has 4 heterocycles. The van der Waals surface area contributed by atoms with Crippen molar-refractivity contribution in [3.8, 4) is 17.0 Å². The quantitative estimate of drug-likeness (QED) is 0.616. The Morgan fingerprint density at radius 3 is 2.91 bits per heavy atom. The lowest BCUT2D eigenvalue weighted by Crippen LogP contribution is -2.57. The van der Waals surface area contributed by atoms with Crippen molar-refractivity contribution in [1.82, 2.24) is 20.1 Å². The molecule has 2 N–H and O–H groups in total. The van der Waals surface area contributed by atoms with Gasteiger partial charge in [0.25, 0.3) is 0 Å². The van der Waals surface area contributed by atoms with Crippen molar-refractivity contribution in [2.24, 2.45) is 5.92 Å². The van der Waals surface area contributed by atoms with Gasteiger partial charge in [0.2, 0.25) is 5.91 Å². The number of H-pyrrole nitrogens is 1. The van der Waals surface area contributed by atoms with Crippen LogP contribution in [0.15, 0.2) is 43.0 Å². The van der Waals surface area contributed by atoms with Crippen LogP contribution in [0.1, 0.15) is 42.4 Å². The number of benzene rings is 1. The first kappa shape index (κ1) is 19.5. The molecule has 3 aromatic rings. The smallest absolute Gasteiger partial charge is 0.246 e. The monoisotopic (exact) mass is 430 g/mol. The van der Waals surface area contributed by atoms with Crippen LogP contribution in [0.2, 0.25) is 0 Å². The molecule has 0 radical (unpaired) electrons. The summed E-state index contributed by atoms with van der Waals surface area (Å²) in [6.45, 7) is 5.94. The number of aromatic amines is 1. The van der Waals surface area contributed by atoms with Crippen molar-refractivity contribution in [3.05, 3.63) is 54.2 Å². The third kappa shape index (κ3) is 2.88. The molecule has 4 atom stereocenters. The Morgan fingerprint density at radius 1 is 1.25 bits per heavy atom. The van der Waals surface area contributed by atoms with Crippen LogP contribution in [-0.4, -0.2) is 56.9 Å². The average Bonchev–Trinajstić information content (AvgIpc) is 3.51. The normalized spacial score (nSPS) is 26.8. The van der Waals surface area contributed by atoms with E-state index < -0.39 is 0 Å². The number of nitrogens with one attached hydrogen (secondary N) is 1. The lowest BCUT2D eigenvalue weighted by Gasteiger charge is -2.46. The molecule has 1 saturated carbocycles. The first-order valence-electron chi connectivity index (χ1n) is 11.3. The summed E-state index contributed by atoms with van der Waals surface area (Å²) in [5, 5.41) is 20.3. The predicted octanol–water partition coefficient (Wildman–Crippen LogP) is 3.72. The second-order valence-electron chi connectivity index (χ2n) is 9.15. The number of hydrogen-bond acceptors (Lipinski definition) is 5. The molecule has 6 rings (SSSR count). The molecule has 7 nitrogen and oxygen atoms in total. The fourth-order valence-electron chi connectivity index (χ4n) is 5.99. The number of aromatic nitrogens is 3. The maximum Gasteiger partial charge on any atom is 0.246 e. The second kappa shape index (κ2) is 7.45. The standard InChI is InChI=1S/C25H26N4O3/c1-2-21(31)29-12-14-7-8-17(24(14)29)23-22(15-9-10-32-13-15)18-11-19(27-28-25(18)26-23)16-5-3-4-6-20(16)30/h2-6,11,14-15,17,24,30H,1,7-10,12-13H2,(H,26,28). The molecule has 0 spiro atoms. The van der Waals surface area contributed by atoms with E-state index in [1.54, 1.807) is 12.1 Å².